The van der Waals surface area contributed by atoms with Gasteiger partial charge in [-0.2, -0.15) is 10.2 Å². The van der Waals surface area contributed by atoms with Crippen molar-refractivity contribution in [2.24, 2.45) is 0 Å². The predicted molar refractivity (Wildman–Crippen MR) is 142 cm³/mol. The van der Waals surface area contributed by atoms with Crippen LogP contribution in [-0.4, -0.2) is 61.0 Å². The Hall–Kier alpha value is -4.11. The van der Waals surface area contributed by atoms with Gasteiger partial charge in [-0.15, -0.1) is 0 Å². The molecule has 0 fully saturated rings. The SMILES string of the molecule is COc1cccc(OC(=O)Nc2ccc3[nH]c(C)c(CCN(C)Cc4cc(N(C)C)cnn4)c3c2)c1. The van der Waals surface area contributed by atoms with Gasteiger partial charge in [0.2, 0.25) is 0 Å². The fourth-order valence-corrected chi connectivity index (χ4v) is 4.08. The van der Waals surface area contributed by atoms with E-state index < -0.39 is 6.09 Å². The molecule has 4 aromatic rings. The summed E-state index contributed by atoms with van der Waals surface area (Å²) in [6.07, 6.45) is 2.05. The zero-order chi connectivity index (χ0) is 25.7. The van der Waals surface area contributed by atoms with Crippen molar-refractivity contribution in [1.29, 1.82) is 0 Å². The summed E-state index contributed by atoms with van der Waals surface area (Å²) in [4.78, 5) is 20.2. The Labute approximate surface area is 211 Å². The Morgan fingerprint density at radius 1 is 1.08 bits per heavy atom. The molecule has 2 heterocycles. The Bertz CT molecular complexity index is 1350. The maximum Gasteiger partial charge on any atom is 0.417 e. The second-order valence-corrected chi connectivity index (χ2v) is 8.97. The number of nitrogens with zero attached hydrogens (tertiary/aromatic N) is 4. The number of fused-ring (bicyclic) bond motifs is 1. The van der Waals surface area contributed by atoms with Crippen LogP contribution in [0.5, 0.6) is 11.5 Å². The summed E-state index contributed by atoms with van der Waals surface area (Å²) in [6.45, 7) is 3.63. The van der Waals surface area contributed by atoms with Gasteiger partial charge in [0.25, 0.3) is 0 Å². The highest BCUT2D eigenvalue weighted by Crippen LogP contribution is 2.27. The van der Waals surface area contributed by atoms with Crippen molar-refractivity contribution >= 4 is 28.4 Å². The zero-order valence-electron chi connectivity index (χ0n) is 21.3. The average Bonchev–Trinajstić information content (AvgIpc) is 3.17. The van der Waals surface area contributed by atoms with Crippen molar-refractivity contribution in [3.05, 3.63) is 71.7 Å². The van der Waals surface area contributed by atoms with Crippen LogP contribution in [0.2, 0.25) is 0 Å². The van der Waals surface area contributed by atoms with E-state index in [4.69, 9.17) is 9.47 Å². The van der Waals surface area contributed by atoms with Crippen LogP contribution in [0.4, 0.5) is 16.2 Å². The topological polar surface area (TPSA) is 95.6 Å². The number of hydrogen-bond acceptors (Lipinski definition) is 7. The van der Waals surface area contributed by atoms with E-state index in [-0.39, 0.29) is 0 Å². The number of hydrogen-bond donors (Lipinski definition) is 2. The molecule has 2 aromatic carbocycles. The average molecular weight is 489 g/mol. The largest absolute Gasteiger partial charge is 0.497 e. The molecule has 0 aliphatic heterocycles. The van der Waals surface area contributed by atoms with Gasteiger partial charge < -0.3 is 24.3 Å². The Kier molecular flexibility index (Phi) is 7.70. The third kappa shape index (κ3) is 6.11. The number of anilines is 2. The number of rotatable bonds is 9. The van der Waals surface area contributed by atoms with Crippen LogP contribution < -0.4 is 19.7 Å². The second-order valence-electron chi connectivity index (χ2n) is 8.97. The molecule has 9 nitrogen and oxygen atoms in total. The molecule has 0 atom stereocenters. The predicted octanol–water partition coefficient (Wildman–Crippen LogP) is 4.63. The lowest BCUT2D eigenvalue weighted by Gasteiger charge is -2.17. The first-order valence-corrected chi connectivity index (χ1v) is 11.7. The number of benzene rings is 2. The van der Waals surface area contributed by atoms with Gasteiger partial charge in [-0.3, -0.25) is 5.32 Å². The first-order chi connectivity index (χ1) is 17.3. The van der Waals surface area contributed by atoms with Crippen LogP contribution in [0, 0.1) is 6.92 Å². The van der Waals surface area contributed by atoms with E-state index in [2.05, 4.69) is 45.4 Å². The summed E-state index contributed by atoms with van der Waals surface area (Å²) in [7, 11) is 7.63. The molecule has 0 bridgehead atoms. The van der Waals surface area contributed by atoms with Crippen molar-refractivity contribution in [1.82, 2.24) is 20.1 Å². The number of carbonyl (C=O) groups is 1. The molecule has 4 rings (SSSR count). The number of likely N-dealkylation sites (N-methyl/N-ethyl adjacent to an activating group) is 1. The van der Waals surface area contributed by atoms with Gasteiger partial charge in [-0.25, -0.2) is 4.79 Å². The molecule has 0 radical (unpaired) electrons. The Balaban J connectivity index is 1.42. The maximum absolute atomic E-state index is 12.5. The minimum absolute atomic E-state index is 0.412. The lowest BCUT2D eigenvalue weighted by Crippen LogP contribution is -2.22. The maximum atomic E-state index is 12.5. The highest BCUT2D eigenvalue weighted by atomic mass is 16.6. The zero-order valence-corrected chi connectivity index (χ0v) is 21.3. The molecule has 0 aliphatic carbocycles. The van der Waals surface area contributed by atoms with Gasteiger partial charge in [0, 0.05) is 55.5 Å². The van der Waals surface area contributed by atoms with Gasteiger partial charge in [-0.1, -0.05) is 6.07 Å². The van der Waals surface area contributed by atoms with E-state index in [1.54, 1.807) is 37.6 Å². The van der Waals surface area contributed by atoms with E-state index in [0.717, 1.165) is 40.9 Å². The molecule has 188 valence electrons. The van der Waals surface area contributed by atoms with Crippen molar-refractivity contribution in [2.45, 2.75) is 19.9 Å². The van der Waals surface area contributed by atoms with Crippen molar-refractivity contribution in [2.75, 3.05) is 45.0 Å². The number of aryl methyl sites for hydroxylation is 1. The summed E-state index contributed by atoms with van der Waals surface area (Å²) in [5.74, 6) is 1.03. The van der Waals surface area contributed by atoms with Gasteiger partial charge in [0.15, 0.2) is 0 Å². The third-order valence-electron chi connectivity index (χ3n) is 6.00. The van der Waals surface area contributed by atoms with Crippen LogP contribution in [0.15, 0.2) is 54.7 Å². The first kappa shape index (κ1) is 25.0. The third-order valence-corrected chi connectivity index (χ3v) is 6.00. The summed E-state index contributed by atoms with van der Waals surface area (Å²) < 4.78 is 10.6. The molecule has 1 amide bonds. The Morgan fingerprint density at radius 2 is 1.89 bits per heavy atom. The molecular weight excluding hydrogens is 456 g/mol. The van der Waals surface area contributed by atoms with E-state index in [1.807, 2.05) is 37.2 Å². The fraction of sp³-hybridized carbons (Fsp3) is 0.296. The van der Waals surface area contributed by atoms with Crippen molar-refractivity contribution < 1.29 is 14.3 Å². The van der Waals surface area contributed by atoms with Gasteiger partial charge in [0.05, 0.1) is 24.7 Å². The lowest BCUT2D eigenvalue weighted by molar-refractivity contribution is 0.215. The molecule has 9 heteroatoms. The number of H-pyrrole nitrogens is 1. The molecule has 0 saturated heterocycles. The van der Waals surface area contributed by atoms with Crippen molar-refractivity contribution in [3.63, 3.8) is 0 Å². The molecule has 0 saturated carbocycles. The number of aromatic amines is 1. The van der Waals surface area contributed by atoms with Crippen LogP contribution >= 0.6 is 0 Å². The Morgan fingerprint density at radius 3 is 2.67 bits per heavy atom. The molecule has 0 spiro atoms. The minimum atomic E-state index is -0.558. The second kappa shape index (κ2) is 11.1. The van der Waals surface area contributed by atoms with Crippen LogP contribution in [0.3, 0.4) is 0 Å². The van der Waals surface area contributed by atoms with E-state index in [0.29, 0.717) is 23.7 Å². The van der Waals surface area contributed by atoms with Gasteiger partial charge in [-0.05, 0) is 62.4 Å². The smallest absolute Gasteiger partial charge is 0.417 e. The highest BCUT2D eigenvalue weighted by Gasteiger charge is 2.13. The number of methoxy groups -OCH3 is 1. The van der Waals surface area contributed by atoms with E-state index in [1.165, 1.54) is 5.56 Å². The quantitative estimate of drug-likeness (QED) is 0.355. The number of nitrogens with one attached hydrogen (secondary N) is 2. The summed E-state index contributed by atoms with van der Waals surface area (Å²) in [5.41, 5.74) is 5.99. The number of ether oxygens (including phenoxy) is 2. The number of carbonyl (C=O) groups excluding carboxylic acids is 1. The lowest BCUT2D eigenvalue weighted by atomic mass is 10.1. The van der Waals surface area contributed by atoms with Gasteiger partial charge in [0.1, 0.15) is 11.5 Å². The standard InChI is InChI=1S/C27H32N6O3/c1-18-24(11-12-33(4)17-20-13-21(32(2)3)16-28-31-20)25-14-19(9-10-26(25)29-18)30-27(34)36-23-8-6-7-22(15-23)35-5/h6-10,13-16,29H,11-12,17H2,1-5H3,(H,30,34). The fourth-order valence-electron chi connectivity index (χ4n) is 4.08. The van der Waals surface area contributed by atoms with Crippen LogP contribution in [0.1, 0.15) is 17.0 Å². The summed E-state index contributed by atoms with van der Waals surface area (Å²) in [6, 6.07) is 14.8. The summed E-state index contributed by atoms with van der Waals surface area (Å²) >= 11 is 0. The monoisotopic (exact) mass is 488 g/mol. The number of aromatic nitrogens is 3. The normalized spacial score (nSPS) is 11.1. The van der Waals surface area contributed by atoms with Crippen LogP contribution in [-0.2, 0) is 13.0 Å². The molecule has 2 N–H and O–H groups in total. The molecule has 36 heavy (non-hydrogen) atoms. The first-order valence-electron chi connectivity index (χ1n) is 11.7. The van der Waals surface area contributed by atoms with Gasteiger partial charge >= 0.3 is 6.09 Å². The molecular formula is C27H32N6O3. The van der Waals surface area contributed by atoms with E-state index >= 15 is 0 Å². The molecule has 0 unspecified atom stereocenters. The van der Waals surface area contributed by atoms with Crippen LogP contribution in [0.25, 0.3) is 10.9 Å². The minimum Gasteiger partial charge on any atom is -0.497 e. The molecule has 0 aliphatic rings. The summed E-state index contributed by atoms with van der Waals surface area (Å²) in [5, 5.41) is 12.3. The van der Waals surface area contributed by atoms with Crippen molar-refractivity contribution in [3.8, 4) is 11.5 Å². The molecule has 2 aromatic heterocycles. The van der Waals surface area contributed by atoms with E-state index in [9.17, 15) is 4.79 Å². The highest BCUT2D eigenvalue weighted by molar-refractivity contribution is 5.93. The number of amides is 1.